The van der Waals surface area contributed by atoms with Crippen molar-refractivity contribution in [2.75, 3.05) is 0 Å². The number of hydrogen-bond donors (Lipinski definition) is 0. The Kier molecular flexibility index (Phi) is 6.98. The van der Waals surface area contributed by atoms with E-state index in [1.54, 1.807) is 0 Å². The van der Waals surface area contributed by atoms with Gasteiger partial charge in [0.2, 0.25) is 0 Å². The van der Waals surface area contributed by atoms with Crippen molar-refractivity contribution in [2.45, 2.75) is 6.54 Å². The fourth-order valence-corrected chi connectivity index (χ4v) is 7.11. The van der Waals surface area contributed by atoms with Gasteiger partial charge in [0, 0.05) is 32.7 Å². The lowest BCUT2D eigenvalue weighted by Gasteiger charge is -2.16. The third-order valence-corrected chi connectivity index (χ3v) is 9.37. The fraction of sp³-hybridized carbons (Fsp3) is 0.0222. The Morgan fingerprint density at radius 3 is 2.10 bits per heavy atom. The summed E-state index contributed by atoms with van der Waals surface area (Å²) in [5.41, 5.74) is 11.7. The van der Waals surface area contributed by atoms with Gasteiger partial charge in [0.1, 0.15) is 11.2 Å². The molecule has 9 aromatic rings. The molecular weight excluding hydrogens is 599 g/mol. The van der Waals surface area contributed by atoms with Crippen LogP contribution in [0.2, 0.25) is 0 Å². The summed E-state index contributed by atoms with van der Waals surface area (Å²) >= 11 is 0. The van der Waals surface area contributed by atoms with Gasteiger partial charge >= 0.3 is 0 Å². The quantitative estimate of drug-likeness (QED) is 0.133. The number of aromatic nitrogens is 1. The van der Waals surface area contributed by atoms with Crippen LogP contribution in [0.1, 0.15) is 11.1 Å². The Morgan fingerprint density at radius 1 is 0.551 bits per heavy atom. The third-order valence-electron chi connectivity index (χ3n) is 9.37. The summed E-state index contributed by atoms with van der Waals surface area (Å²) < 4.78 is 8.63. The van der Waals surface area contributed by atoms with E-state index in [1.807, 2.05) is 30.3 Å². The Labute approximate surface area is 283 Å². The maximum Gasteiger partial charge on any atom is 0.154 e. The molecule has 0 bridgehead atoms. The second-order valence-corrected chi connectivity index (χ2v) is 12.2. The van der Waals surface area contributed by atoms with E-state index >= 15 is 0 Å². The zero-order valence-corrected chi connectivity index (χ0v) is 26.8. The molecule has 7 aromatic carbocycles. The third kappa shape index (κ3) is 4.93. The standard InChI is InChI=1S/C45H31N3O/c1-46-45(47-29-30-13-4-2-5-14-30)33-23-25-34(31-15-6-3-7-16-31)41(28-33)48-39-20-10-8-17-36(39)38-27-32(24-26-40(38)48)35-19-12-22-43-44(35)37-18-9-11-21-42(37)49-43/h2-28H,1,29H2. The Balaban J connectivity index is 1.27. The van der Waals surface area contributed by atoms with Gasteiger partial charge in [0.15, 0.2) is 5.84 Å². The van der Waals surface area contributed by atoms with Crippen molar-refractivity contribution < 1.29 is 4.42 Å². The van der Waals surface area contributed by atoms with Crippen molar-refractivity contribution in [3.8, 4) is 27.9 Å². The molecule has 0 unspecified atom stereocenters. The molecule has 9 rings (SSSR count). The highest BCUT2D eigenvalue weighted by atomic mass is 16.3. The van der Waals surface area contributed by atoms with Crippen LogP contribution in [0.25, 0.3) is 71.7 Å². The number of amidine groups is 1. The minimum absolute atomic E-state index is 0.530. The SMILES string of the molecule is C=NC(=NCc1ccccc1)c1ccc(-c2ccccc2)c(-n2c3ccccc3c3cc(-c4cccc5oc6ccccc6c45)ccc32)c1. The second kappa shape index (κ2) is 11.9. The van der Waals surface area contributed by atoms with Gasteiger partial charge in [-0.25, -0.2) is 4.99 Å². The van der Waals surface area contributed by atoms with Crippen molar-refractivity contribution >= 4 is 56.3 Å². The zero-order valence-electron chi connectivity index (χ0n) is 26.8. The summed E-state index contributed by atoms with van der Waals surface area (Å²) in [6.07, 6.45) is 0. The number of aliphatic imine (C=N–C) groups is 2. The van der Waals surface area contributed by atoms with Crippen molar-refractivity contribution in [1.29, 1.82) is 0 Å². The summed E-state index contributed by atoms with van der Waals surface area (Å²) in [6, 6.07) is 57.4. The summed E-state index contributed by atoms with van der Waals surface area (Å²) in [5.74, 6) is 0.619. The lowest BCUT2D eigenvalue weighted by atomic mass is 9.98. The van der Waals surface area contributed by atoms with E-state index in [-0.39, 0.29) is 0 Å². The molecule has 0 N–H and O–H groups in total. The predicted molar refractivity (Wildman–Crippen MR) is 205 cm³/mol. The summed E-state index contributed by atoms with van der Waals surface area (Å²) in [6.45, 7) is 4.43. The van der Waals surface area contributed by atoms with Crippen LogP contribution in [0.5, 0.6) is 0 Å². The predicted octanol–water partition coefficient (Wildman–Crippen LogP) is 11.7. The molecule has 4 heteroatoms. The van der Waals surface area contributed by atoms with Crippen LogP contribution < -0.4 is 0 Å². The summed E-state index contributed by atoms with van der Waals surface area (Å²) in [5, 5.41) is 4.63. The molecule has 2 heterocycles. The van der Waals surface area contributed by atoms with Crippen LogP contribution in [0.4, 0.5) is 0 Å². The molecule has 0 saturated carbocycles. The number of fused-ring (bicyclic) bond motifs is 6. The first kappa shape index (κ1) is 28.7. The normalized spacial score (nSPS) is 12.0. The highest BCUT2D eigenvalue weighted by molar-refractivity contribution is 6.15. The number of nitrogens with zero attached hydrogens (tertiary/aromatic N) is 3. The number of para-hydroxylation sites is 2. The van der Waals surface area contributed by atoms with E-state index in [0.717, 1.165) is 72.0 Å². The molecular formula is C45H31N3O. The average Bonchev–Trinajstić information content (AvgIpc) is 3.71. The van der Waals surface area contributed by atoms with Gasteiger partial charge in [-0.3, -0.25) is 4.99 Å². The maximum atomic E-state index is 6.25. The molecule has 0 aliphatic heterocycles. The number of rotatable bonds is 6. The van der Waals surface area contributed by atoms with E-state index in [0.29, 0.717) is 12.4 Å². The van der Waals surface area contributed by atoms with Crippen LogP contribution >= 0.6 is 0 Å². The van der Waals surface area contributed by atoms with Gasteiger partial charge in [0.25, 0.3) is 0 Å². The molecule has 0 aliphatic rings. The minimum atomic E-state index is 0.530. The maximum absolute atomic E-state index is 6.25. The van der Waals surface area contributed by atoms with Crippen LogP contribution in [0.3, 0.4) is 0 Å². The summed E-state index contributed by atoms with van der Waals surface area (Å²) in [7, 11) is 0. The van der Waals surface area contributed by atoms with E-state index in [2.05, 4.69) is 150 Å². The van der Waals surface area contributed by atoms with Crippen molar-refractivity contribution in [3.05, 3.63) is 175 Å². The number of benzene rings is 7. The van der Waals surface area contributed by atoms with Gasteiger partial charge in [-0.2, -0.15) is 0 Å². The Hall–Kier alpha value is -6.52. The molecule has 0 saturated heterocycles. The van der Waals surface area contributed by atoms with Crippen molar-refractivity contribution in [3.63, 3.8) is 0 Å². The van der Waals surface area contributed by atoms with Crippen molar-refractivity contribution in [2.24, 2.45) is 9.98 Å². The monoisotopic (exact) mass is 629 g/mol. The zero-order chi connectivity index (χ0) is 32.7. The fourth-order valence-electron chi connectivity index (χ4n) is 7.11. The highest BCUT2D eigenvalue weighted by Crippen LogP contribution is 2.41. The Bertz CT molecular complexity index is 2700. The van der Waals surface area contributed by atoms with Crippen LogP contribution in [0, 0.1) is 0 Å². The first-order valence-corrected chi connectivity index (χ1v) is 16.5. The van der Waals surface area contributed by atoms with E-state index in [1.165, 1.54) is 10.8 Å². The van der Waals surface area contributed by atoms with E-state index in [9.17, 15) is 0 Å². The lowest BCUT2D eigenvalue weighted by molar-refractivity contribution is 0.669. The smallest absolute Gasteiger partial charge is 0.154 e. The van der Waals surface area contributed by atoms with E-state index < -0.39 is 0 Å². The topological polar surface area (TPSA) is 42.8 Å². The van der Waals surface area contributed by atoms with Crippen molar-refractivity contribution in [1.82, 2.24) is 4.57 Å². The van der Waals surface area contributed by atoms with E-state index in [4.69, 9.17) is 9.41 Å². The summed E-state index contributed by atoms with van der Waals surface area (Å²) in [4.78, 5) is 9.28. The Morgan fingerprint density at radius 2 is 1.27 bits per heavy atom. The molecule has 49 heavy (non-hydrogen) atoms. The van der Waals surface area contributed by atoms with Crippen LogP contribution in [-0.2, 0) is 6.54 Å². The lowest BCUT2D eigenvalue weighted by Crippen LogP contribution is -2.03. The molecule has 0 radical (unpaired) electrons. The van der Waals surface area contributed by atoms with Gasteiger partial charge < -0.3 is 8.98 Å². The molecule has 0 fully saturated rings. The first-order chi connectivity index (χ1) is 24.3. The number of furan rings is 1. The molecule has 0 spiro atoms. The second-order valence-electron chi connectivity index (χ2n) is 12.2. The highest BCUT2D eigenvalue weighted by Gasteiger charge is 2.19. The minimum Gasteiger partial charge on any atom is -0.456 e. The average molecular weight is 630 g/mol. The largest absolute Gasteiger partial charge is 0.456 e. The van der Waals surface area contributed by atoms with Gasteiger partial charge in [-0.15, -0.1) is 0 Å². The van der Waals surface area contributed by atoms with Gasteiger partial charge in [-0.05, 0) is 65.4 Å². The molecule has 4 nitrogen and oxygen atoms in total. The number of hydrogen-bond acceptors (Lipinski definition) is 2. The molecule has 232 valence electrons. The molecule has 0 aliphatic carbocycles. The molecule has 2 aromatic heterocycles. The molecule has 0 atom stereocenters. The van der Waals surface area contributed by atoms with Gasteiger partial charge in [-0.1, -0.05) is 127 Å². The molecule has 0 amide bonds. The first-order valence-electron chi connectivity index (χ1n) is 16.5. The van der Waals surface area contributed by atoms with Gasteiger partial charge in [0.05, 0.1) is 23.3 Å². The van der Waals surface area contributed by atoms with Crippen LogP contribution in [0.15, 0.2) is 178 Å². The van der Waals surface area contributed by atoms with Crippen LogP contribution in [-0.4, -0.2) is 17.1 Å².